The summed E-state index contributed by atoms with van der Waals surface area (Å²) in [6.45, 7) is 4.02. The van der Waals surface area contributed by atoms with E-state index in [2.05, 4.69) is 0 Å². The van der Waals surface area contributed by atoms with E-state index in [1.807, 2.05) is 4.90 Å². The van der Waals surface area contributed by atoms with Crippen molar-refractivity contribution in [3.8, 4) is 0 Å². The van der Waals surface area contributed by atoms with E-state index in [9.17, 15) is 13.2 Å². The SMILES string of the molecule is CC(N)Cc1ccc(N2CCOCC2)cc1C(F)(F)F. The molecule has 1 atom stereocenters. The van der Waals surface area contributed by atoms with Crippen molar-refractivity contribution in [1.82, 2.24) is 0 Å². The number of ether oxygens (including phenoxy) is 1. The first kappa shape index (κ1) is 15.1. The first-order valence-corrected chi connectivity index (χ1v) is 6.66. The third-order valence-electron chi connectivity index (χ3n) is 3.32. The van der Waals surface area contributed by atoms with E-state index in [-0.39, 0.29) is 18.0 Å². The molecule has 1 fully saturated rings. The molecule has 1 aliphatic heterocycles. The molecule has 1 saturated heterocycles. The molecular weight excluding hydrogens is 269 g/mol. The van der Waals surface area contributed by atoms with Crippen LogP contribution in [0.5, 0.6) is 0 Å². The van der Waals surface area contributed by atoms with Crippen LogP contribution >= 0.6 is 0 Å². The summed E-state index contributed by atoms with van der Waals surface area (Å²) in [7, 11) is 0. The highest BCUT2D eigenvalue weighted by Gasteiger charge is 2.34. The first-order chi connectivity index (χ1) is 9.38. The van der Waals surface area contributed by atoms with Gasteiger partial charge in [0.2, 0.25) is 0 Å². The van der Waals surface area contributed by atoms with Gasteiger partial charge in [-0.3, -0.25) is 0 Å². The van der Waals surface area contributed by atoms with E-state index in [4.69, 9.17) is 10.5 Å². The van der Waals surface area contributed by atoms with Crippen molar-refractivity contribution in [3.05, 3.63) is 29.3 Å². The van der Waals surface area contributed by atoms with Gasteiger partial charge in [-0.25, -0.2) is 0 Å². The number of hydrogen-bond donors (Lipinski definition) is 1. The second kappa shape index (κ2) is 6.01. The summed E-state index contributed by atoms with van der Waals surface area (Å²) in [6, 6.07) is 4.20. The monoisotopic (exact) mass is 288 g/mol. The number of morpholine rings is 1. The zero-order chi connectivity index (χ0) is 14.8. The molecule has 1 unspecified atom stereocenters. The lowest BCUT2D eigenvalue weighted by atomic mass is 9.99. The molecule has 2 rings (SSSR count). The fourth-order valence-electron chi connectivity index (χ4n) is 2.37. The fourth-order valence-corrected chi connectivity index (χ4v) is 2.37. The van der Waals surface area contributed by atoms with Gasteiger partial charge in [0, 0.05) is 24.8 Å². The number of halogens is 3. The van der Waals surface area contributed by atoms with Crippen LogP contribution in [0.2, 0.25) is 0 Å². The normalized spacial score (nSPS) is 18.1. The second-order valence-electron chi connectivity index (χ2n) is 5.12. The van der Waals surface area contributed by atoms with Gasteiger partial charge in [-0.15, -0.1) is 0 Å². The lowest BCUT2D eigenvalue weighted by Crippen LogP contribution is -2.36. The molecule has 6 heteroatoms. The molecular formula is C14H19F3N2O. The fraction of sp³-hybridized carbons (Fsp3) is 0.571. The largest absolute Gasteiger partial charge is 0.416 e. The van der Waals surface area contributed by atoms with Crippen molar-refractivity contribution in [2.45, 2.75) is 25.6 Å². The summed E-state index contributed by atoms with van der Waals surface area (Å²) < 4.78 is 44.7. The molecule has 0 amide bonds. The summed E-state index contributed by atoms with van der Waals surface area (Å²) >= 11 is 0. The van der Waals surface area contributed by atoms with Crippen molar-refractivity contribution in [2.24, 2.45) is 5.73 Å². The Kier molecular flexibility index (Phi) is 4.55. The van der Waals surface area contributed by atoms with Crippen LogP contribution in [0.25, 0.3) is 0 Å². The number of nitrogens with two attached hydrogens (primary N) is 1. The third-order valence-corrected chi connectivity index (χ3v) is 3.32. The summed E-state index contributed by atoms with van der Waals surface area (Å²) in [6.07, 6.45) is -4.13. The summed E-state index contributed by atoms with van der Waals surface area (Å²) in [5.41, 5.74) is 5.88. The molecule has 3 nitrogen and oxygen atoms in total. The van der Waals surface area contributed by atoms with E-state index < -0.39 is 11.7 Å². The highest BCUT2D eigenvalue weighted by molar-refractivity contribution is 5.52. The Morgan fingerprint density at radius 3 is 2.50 bits per heavy atom. The van der Waals surface area contributed by atoms with Gasteiger partial charge >= 0.3 is 6.18 Å². The van der Waals surface area contributed by atoms with Gasteiger partial charge in [0.15, 0.2) is 0 Å². The highest BCUT2D eigenvalue weighted by Crippen LogP contribution is 2.35. The van der Waals surface area contributed by atoms with Crippen LogP contribution in [-0.4, -0.2) is 32.3 Å². The molecule has 0 aliphatic carbocycles. The Balaban J connectivity index is 2.32. The molecule has 0 spiro atoms. The van der Waals surface area contributed by atoms with Gasteiger partial charge in [-0.1, -0.05) is 6.07 Å². The minimum atomic E-state index is -4.35. The van der Waals surface area contributed by atoms with Crippen molar-refractivity contribution >= 4 is 5.69 Å². The van der Waals surface area contributed by atoms with E-state index in [0.717, 1.165) is 0 Å². The Morgan fingerprint density at radius 1 is 1.30 bits per heavy atom. The minimum Gasteiger partial charge on any atom is -0.378 e. The maximum Gasteiger partial charge on any atom is 0.416 e. The maximum absolute atomic E-state index is 13.2. The molecule has 0 bridgehead atoms. The van der Waals surface area contributed by atoms with Crippen molar-refractivity contribution in [1.29, 1.82) is 0 Å². The molecule has 112 valence electrons. The van der Waals surface area contributed by atoms with Gasteiger partial charge in [0.1, 0.15) is 0 Å². The van der Waals surface area contributed by atoms with E-state index >= 15 is 0 Å². The molecule has 1 heterocycles. The third kappa shape index (κ3) is 3.64. The molecule has 0 aromatic heterocycles. The van der Waals surface area contributed by atoms with Gasteiger partial charge in [-0.05, 0) is 31.0 Å². The van der Waals surface area contributed by atoms with Crippen molar-refractivity contribution in [3.63, 3.8) is 0 Å². The first-order valence-electron chi connectivity index (χ1n) is 6.66. The Labute approximate surface area is 116 Å². The van der Waals surface area contributed by atoms with Crippen LogP contribution in [0.3, 0.4) is 0 Å². The second-order valence-corrected chi connectivity index (χ2v) is 5.12. The predicted octanol–water partition coefficient (Wildman–Crippen LogP) is 2.43. The number of anilines is 1. The topological polar surface area (TPSA) is 38.5 Å². The van der Waals surface area contributed by atoms with Crippen molar-refractivity contribution in [2.75, 3.05) is 31.2 Å². The van der Waals surface area contributed by atoms with Gasteiger partial charge in [-0.2, -0.15) is 13.2 Å². The molecule has 1 aliphatic rings. The zero-order valence-electron chi connectivity index (χ0n) is 11.4. The summed E-state index contributed by atoms with van der Waals surface area (Å²) in [5.74, 6) is 0. The number of hydrogen-bond acceptors (Lipinski definition) is 3. The maximum atomic E-state index is 13.2. The lowest BCUT2D eigenvalue weighted by Gasteiger charge is -2.30. The smallest absolute Gasteiger partial charge is 0.378 e. The predicted molar refractivity (Wildman–Crippen MR) is 71.8 cm³/mol. The Bertz CT molecular complexity index is 454. The van der Waals surface area contributed by atoms with Crippen LogP contribution in [0.15, 0.2) is 18.2 Å². The number of rotatable bonds is 3. The minimum absolute atomic E-state index is 0.220. The van der Waals surface area contributed by atoms with E-state index in [1.54, 1.807) is 13.0 Å². The van der Waals surface area contributed by atoms with Crippen LogP contribution < -0.4 is 10.6 Å². The molecule has 0 radical (unpaired) electrons. The summed E-state index contributed by atoms with van der Waals surface area (Å²) in [5, 5.41) is 0. The van der Waals surface area contributed by atoms with Gasteiger partial charge in [0.25, 0.3) is 0 Å². The van der Waals surface area contributed by atoms with Gasteiger partial charge in [0.05, 0.1) is 18.8 Å². The molecule has 20 heavy (non-hydrogen) atoms. The van der Waals surface area contributed by atoms with Gasteiger partial charge < -0.3 is 15.4 Å². The average molecular weight is 288 g/mol. The van der Waals surface area contributed by atoms with Crippen LogP contribution in [0.4, 0.5) is 18.9 Å². The number of benzene rings is 1. The lowest BCUT2D eigenvalue weighted by molar-refractivity contribution is -0.138. The van der Waals surface area contributed by atoms with Crippen LogP contribution in [0, 0.1) is 0 Å². The summed E-state index contributed by atoms with van der Waals surface area (Å²) in [4.78, 5) is 1.91. The molecule has 0 saturated carbocycles. The Hall–Kier alpha value is -1.27. The van der Waals surface area contributed by atoms with Crippen molar-refractivity contribution < 1.29 is 17.9 Å². The zero-order valence-corrected chi connectivity index (χ0v) is 11.4. The number of nitrogens with zero attached hydrogens (tertiary/aromatic N) is 1. The quantitative estimate of drug-likeness (QED) is 0.928. The Morgan fingerprint density at radius 2 is 1.95 bits per heavy atom. The van der Waals surface area contributed by atoms with E-state index in [0.29, 0.717) is 32.0 Å². The number of alkyl halides is 3. The molecule has 1 aromatic carbocycles. The van der Waals surface area contributed by atoms with Crippen LogP contribution in [0.1, 0.15) is 18.1 Å². The molecule has 2 N–H and O–H groups in total. The highest BCUT2D eigenvalue weighted by atomic mass is 19.4. The molecule has 1 aromatic rings. The average Bonchev–Trinajstić information content (AvgIpc) is 2.38. The van der Waals surface area contributed by atoms with E-state index in [1.165, 1.54) is 12.1 Å². The standard InChI is InChI=1S/C14H19F3N2O/c1-10(18)8-11-2-3-12(9-13(11)14(15,16)17)19-4-6-20-7-5-19/h2-3,9-10H,4-8,18H2,1H3. The van der Waals surface area contributed by atoms with Crippen LogP contribution in [-0.2, 0) is 17.3 Å².